The lowest BCUT2D eigenvalue weighted by molar-refractivity contribution is -0.274. The van der Waals surface area contributed by atoms with Gasteiger partial charge in [0.1, 0.15) is 5.75 Å². The van der Waals surface area contributed by atoms with Crippen molar-refractivity contribution >= 4 is 0 Å². The Morgan fingerprint density at radius 1 is 1.40 bits per heavy atom. The number of aliphatic hydroxyl groups excluding tert-OH is 1. The summed E-state index contributed by atoms with van der Waals surface area (Å²) in [6.45, 7) is -0.338. The van der Waals surface area contributed by atoms with Gasteiger partial charge in [-0.3, -0.25) is 0 Å². The molecular formula is C9H10F3NO2. The highest BCUT2D eigenvalue weighted by Gasteiger charge is 2.31. The van der Waals surface area contributed by atoms with Crippen LogP contribution in [0.15, 0.2) is 24.3 Å². The molecule has 0 saturated carbocycles. The van der Waals surface area contributed by atoms with Crippen LogP contribution in [0.4, 0.5) is 13.2 Å². The van der Waals surface area contributed by atoms with E-state index in [2.05, 4.69) is 4.74 Å². The third-order valence-electron chi connectivity index (χ3n) is 1.72. The second-order valence-corrected chi connectivity index (χ2v) is 2.91. The number of alkyl halides is 3. The lowest BCUT2D eigenvalue weighted by Gasteiger charge is -2.12. The molecule has 0 aliphatic rings. The summed E-state index contributed by atoms with van der Waals surface area (Å²) in [5.74, 6) is -0.344. The zero-order valence-electron chi connectivity index (χ0n) is 7.66. The molecule has 0 aromatic heterocycles. The van der Waals surface area contributed by atoms with Crippen molar-refractivity contribution in [3.63, 3.8) is 0 Å². The second-order valence-electron chi connectivity index (χ2n) is 2.91. The van der Waals surface area contributed by atoms with Gasteiger partial charge in [-0.15, -0.1) is 13.2 Å². The van der Waals surface area contributed by atoms with Crippen molar-refractivity contribution in [3.8, 4) is 5.75 Å². The van der Waals surface area contributed by atoms with E-state index in [1.54, 1.807) is 0 Å². The molecule has 1 aromatic carbocycles. The molecule has 0 amide bonds. The van der Waals surface area contributed by atoms with Gasteiger partial charge in [0.05, 0.1) is 12.6 Å². The van der Waals surface area contributed by atoms with Gasteiger partial charge in [-0.2, -0.15) is 0 Å². The molecule has 84 valence electrons. The van der Waals surface area contributed by atoms with Gasteiger partial charge in [-0.05, 0) is 17.7 Å². The van der Waals surface area contributed by atoms with Crippen LogP contribution in [-0.4, -0.2) is 18.1 Å². The third kappa shape index (κ3) is 3.77. The number of hydrogen-bond donors (Lipinski definition) is 2. The molecular weight excluding hydrogens is 211 g/mol. The summed E-state index contributed by atoms with van der Waals surface area (Å²) in [4.78, 5) is 0. The fraction of sp³-hybridized carbons (Fsp3) is 0.333. The molecule has 0 saturated heterocycles. The summed E-state index contributed by atoms with van der Waals surface area (Å²) >= 11 is 0. The molecule has 1 rings (SSSR count). The average molecular weight is 221 g/mol. The quantitative estimate of drug-likeness (QED) is 0.814. The topological polar surface area (TPSA) is 55.5 Å². The average Bonchev–Trinajstić information content (AvgIpc) is 2.14. The fourth-order valence-corrected chi connectivity index (χ4v) is 1.05. The number of hydrogen-bond acceptors (Lipinski definition) is 3. The molecule has 1 atom stereocenters. The van der Waals surface area contributed by atoms with Crippen molar-refractivity contribution in [3.05, 3.63) is 29.8 Å². The SMILES string of the molecule is N[C@@H](CO)c1cccc(OC(F)(F)F)c1. The van der Waals surface area contributed by atoms with Crippen LogP contribution in [0, 0.1) is 0 Å². The van der Waals surface area contributed by atoms with Gasteiger partial charge in [0.25, 0.3) is 0 Å². The Hall–Kier alpha value is -1.27. The smallest absolute Gasteiger partial charge is 0.406 e. The van der Waals surface area contributed by atoms with Crippen LogP contribution in [0.5, 0.6) is 5.75 Å². The Bertz CT molecular complexity index is 327. The predicted molar refractivity (Wildman–Crippen MR) is 47.1 cm³/mol. The number of ether oxygens (including phenoxy) is 1. The normalized spacial score (nSPS) is 13.7. The van der Waals surface area contributed by atoms with E-state index in [9.17, 15) is 13.2 Å². The van der Waals surface area contributed by atoms with Crippen molar-refractivity contribution in [2.45, 2.75) is 12.4 Å². The first-order valence-corrected chi connectivity index (χ1v) is 4.14. The summed E-state index contributed by atoms with van der Waals surface area (Å²) in [5.41, 5.74) is 5.83. The summed E-state index contributed by atoms with van der Waals surface area (Å²) in [7, 11) is 0. The molecule has 6 heteroatoms. The number of nitrogens with two attached hydrogens (primary N) is 1. The molecule has 0 spiro atoms. The minimum absolute atomic E-state index is 0.338. The van der Waals surface area contributed by atoms with Crippen molar-refractivity contribution in [2.24, 2.45) is 5.73 Å². The zero-order chi connectivity index (χ0) is 11.5. The molecule has 15 heavy (non-hydrogen) atoms. The van der Waals surface area contributed by atoms with E-state index >= 15 is 0 Å². The lowest BCUT2D eigenvalue weighted by Crippen LogP contribution is -2.18. The fourth-order valence-electron chi connectivity index (χ4n) is 1.05. The first-order valence-electron chi connectivity index (χ1n) is 4.14. The highest BCUT2D eigenvalue weighted by Crippen LogP contribution is 2.24. The minimum atomic E-state index is -4.72. The molecule has 3 nitrogen and oxygen atoms in total. The largest absolute Gasteiger partial charge is 0.573 e. The van der Waals surface area contributed by atoms with Gasteiger partial charge in [-0.1, -0.05) is 12.1 Å². The molecule has 0 heterocycles. The Morgan fingerprint density at radius 3 is 2.60 bits per heavy atom. The van der Waals surface area contributed by atoms with Crippen LogP contribution >= 0.6 is 0 Å². The van der Waals surface area contributed by atoms with E-state index in [1.165, 1.54) is 18.2 Å². The van der Waals surface area contributed by atoms with E-state index in [1.807, 2.05) is 0 Å². The van der Waals surface area contributed by atoms with E-state index < -0.39 is 12.4 Å². The first-order chi connectivity index (χ1) is 6.92. The van der Waals surface area contributed by atoms with Gasteiger partial charge in [0.2, 0.25) is 0 Å². The summed E-state index contributed by atoms with van der Waals surface area (Å²) in [5, 5.41) is 8.72. The van der Waals surface area contributed by atoms with Crippen molar-refractivity contribution < 1.29 is 23.0 Å². The minimum Gasteiger partial charge on any atom is -0.406 e. The first kappa shape index (κ1) is 11.8. The van der Waals surface area contributed by atoms with Gasteiger partial charge in [0, 0.05) is 0 Å². The molecule has 3 N–H and O–H groups in total. The van der Waals surface area contributed by atoms with Gasteiger partial charge < -0.3 is 15.6 Å². The lowest BCUT2D eigenvalue weighted by atomic mass is 10.1. The molecule has 0 radical (unpaired) electrons. The summed E-state index contributed by atoms with van der Waals surface area (Å²) < 4.78 is 39.3. The van der Waals surface area contributed by atoms with Crippen LogP contribution in [-0.2, 0) is 0 Å². The van der Waals surface area contributed by atoms with Crippen molar-refractivity contribution in [2.75, 3.05) is 6.61 Å². The molecule has 0 fully saturated rings. The van der Waals surface area contributed by atoms with Crippen LogP contribution in [0.2, 0.25) is 0 Å². The number of benzene rings is 1. The molecule has 1 aromatic rings. The van der Waals surface area contributed by atoms with E-state index in [0.29, 0.717) is 5.56 Å². The summed E-state index contributed by atoms with van der Waals surface area (Å²) in [6, 6.07) is 4.51. The summed E-state index contributed by atoms with van der Waals surface area (Å²) in [6.07, 6.45) is -4.72. The van der Waals surface area contributed by atoms with E-state index in [0.717, 1.165) is 6.07 Å². The maximum Gasteiger partial charge on any atom is 0.573 e. The van der Waals surface area contributed by atoms with Crippen LogP contribution < -0.4 is 10.5 Å². The van der Waals surface area contributed by atoms with E-state index in [4.69, 9.17) is 10.8 Å². The maximum atomic E-state index is 11.9. The molecule has 0 bridgehead atoms. The van der Waals surface area contributed by atoms with Crippen molar-refractivity contribution in [1.29, 1.82) is 0 Å². The number of aliphatic hydroxyl groups is 1. The Balaban J connectivity index is 2.83. The van der Waals surface area contributed by atoms with Crippen LogP contribution in [0.25, 0.3) is 0 Å². The van der Waals surface area contributed by atoms with Gasteiger partial charge in [-0.25, -0.2) is 0 Å². The van der Waals surface area contributed by atoms with Crippen LogP contribution in [0.1, 0.15) is 11.6 Å². The highest BCUT2D eigenvalue weighted by atomic mass is 19.4. The third-order valence-corrected chi connectivity index (χ3v) is 1.72. The molecule has 0 unspecified atom stereocenters. The Morgan fingerprint density at radius 2 is 2.07 bits per heavy atom. The predicted octanol–water partition coefficient (Wildman–Crippen LogP) is 1.58. The van der Waals surface area contributed by atoms with Crippen molar-refractivity contribution in [1.82, 2.24) is 0 Å². The maximum absolute atomic E-state index is 11.9. The van der Waals surface area contributed by atoms with Crippen LogP contribution in [0.3, 0.4) is 0 Å². The Kier molecular flexibility index (Phi) is 3.54. The second kappa shape index (κ2) is 4.50. The monoisotopic (exact) mass is 221 g/mol. The number of rotatable bonds is 3. The van der Waals surface area contributed by atoms with Gasteiger partial charge in [0.15, 0.2) is 0 Å². The van der Waals surface area contributed by atoms with Gasteiger partial charge >= 0.3 is 6.36 Å². The molecule has 0 aliphatic heterocycles. The Labute approximate surface area is 84.3 Å². The zero-order valence-corrected chi connectivity index (χ0v) is 7.66. The standard InChI is InChI=1S/C9H10F3NO2/c10-9(11,12)15-7-3-1-2-6(4-7)8(13)5-14/h1-4,8,14H,5,13H2/t8-/m0/s1. The van der Waals surface area contributed by atoms with E-state index in [-0.39, 0.29) is 12.4 Å². The number of halogens is 3. The molecule has 0 aliphatic carbocycles. The highest BCUT2D eigenvalue weighted by molar-refractivity contribution is 5.30.